The highest BCUT2D eigenvalue weighted by molar-refractivity contribution is 5.94. The number of carbonyl (C=O) groups is 2. The van der Waals surface area contributed by atoms with Crippen molar-refractivity contribution in [1.82, 2.24) is 5.06 Å². The summed E-state index contributed by atoms with van der Waals surface area (Å²) in [6.07, 6.45) is 9.29. The van der Waals surface area contributed by atoms with Gasteiger partial charge in [-0.1, -0.05) is 60.3 Å². The van der Waals surface area contributed by atoms with Gasteiger partial charge in [-0.25, -0.2) is 0 Å². The highest BCUT2D eigenvalue weighted by Gasteiger charge is 2.53. The Kier molecular flexibility index (Phi) is 12.9. The predicted octanol–water partition coefficient (Wildman–Crippen LogP) is 5.18. The molecule has 7 nitrogen and oxygen atoms in total. The molecular formula is C26H49NO6. The van der Waals surface area contributed by atoms with Gasteiger partial charge in [-0.3, -0.25) is 14.4 Å². The Balaban J connectivity index is 3.33. The number of hydrogen-bond donors (Lipinski definition) is 1. The number of hydrogen-bond acceptors (Lipinski definition) is 7. The summed E-state index contributed by atoms with van der Waals surface area (Å²) >= 11 is 0. The first-order valence-corrected chi connectivity index (χ1v) is 13.0. The molecule has 0 spiro atoms. The minimum atomic E-state index is -1.01. The third-order valence-corrected chi connectivity index (χ3v) is 7.83. The number of rotatable bonds is 15. The fourth-order valence-electron chi connectivity index (χ4n) is 5.49. The number of ether oxygens (including phenoxy) is 2. The molecule has 0 aromatic carbocycles. The fraction of sp³-hybridized carbons (Fsp3) is 0.923. The van der Waals surface area contributed by atoms with E-state index < -0.39 is 17.9 Å². The van der Waals surface area contributed by atoms with Gasteiger partial charge in [0.05, 0.1) is 26.4 Å². The Labute approximate surface area is 201 Å². The average molecular weight is 472 g/mol. The predicted molar refractivity (Wildman–Crippen MR) is 129 cm³/mol. The van der Waals surface area contributed by atoms with Crippen molar-refractivity contribution in [2.45, 2.75) is 135 Å². The molecule has 33 heavy (non-hydrogen) atoms. The van der Waals surface area contributed by atoms with E-state index in [1.54, 1.807) is 0 Å². The van der Waals surface area contributed by atoms with Crippen LogP contribution in [0.5, 0.6) is 0 Å². The van der Waals surface area contributed by atoms with Crippen molar-refractivity contribution in [1.29, 1.82) is 0 Å². The van der Waals surface area contributed by atoms with E-state index in [1.165, 1.54) is 14.2 Å². The first kappa shape index (κ1) is 29.9. The molecular weight excluding hydrogens is 422 g/mol. The van der Waals surface area contributed by atoms with Gasteiger partial charge in [0.2, 0.25) is 0 Å². The molecule has 0 bridgehead atoms. The van der Waals surface area contributed by atoms with E-state index in [2.05, 4.69) is 39.7 Å². The second-order valence-electron chi connectivity index (χ2n) is 9.63. The first-order valence-electron chi connectivity index (χ1n) is 13.0. The lowest BCUT2D eigenvalue weighted by Gasteiger charge is -2.58. The van der Waals surface area contributed by atoms with E-state index in [1.807, 2.05) is 0 Å². The van der Waals surface area contributed by atoms with Gasteiger partial charge in [0.15, 0.2) is 5.92 Å². The Bertz CT molecular complexity index is 549. The Morgan fingerprint density at radius 3 is 1.76 bits per heavy atom. The quantitative estimate of drug-likeness (QED) is 0.200. The summed E-state index contributed by atoms with van der Waals surface area (Å²) in [5.74, 6) is -2.19. The summed E-state index contributed by atoms with van der Waals surface area (Å²) in [6.45, 7) is 10.8. The van der Waals surface area contributed by atoms with Gasteiger partial charge in [0, 0.05) is 11.1 Å². The van der Waals surface area contributed by atoms with Crippen LogP contribution in [0.15, 0.2) is 0 Å². The third kappa shape index (κ3) is 7.40. The molecule has 1 N–H and O–H groups in total. The highest BCUT2D eigenvalue weighted by atomic mass is 16.7. The molecule has 1 aliphatic heterocycles. The summed E-state index contributed by atoms with van der Waals surface area (Å²) in [7, 11) is 2.58. The molecule has 194 valence electrons. The standard InChI is InChI=1S/C26H49NO6/c1-8-13-14-15-16-21(17-22(23(29)31-6)24(30)32-7)33-27-25(9-2,10-3)18-20(28)19-26(27,11-4)12-5/h20-22,28H,8-19H2,1-7H3. The number of hydroxylamine groups is 2. The SMILES string of the molecule is CCCCCCC(CC(C(=O)OC)C(=O)OC)ON1C(CC)(CC)CC(O)CC1(CC)CC. The molecule has 1 aliphatic rings. The summed E-state index contributed by atoms with van der Waals surface area (Å²) < 4.78 is 9.82. The number of unbranched alkanes of at least 4 members (excludes halogenated alkanes) is 3. The van der Waals surface area contributed by atoms with Crippen LogP contribution < -0.4 is 0 Å². The van der Waals surface area contributed by atoms with Gasteiger partial charge in [0.25, 0.3) is 0 Å². The van der Waals surface area contributed by atoms with Crippen molar-refractivity contribution in [2.24, 2.45) is 5.92 Å². The summed E-state index contributed by atoms with van der Waals surface area (Å²) in [5.41, 5.74) is -0.589. The minimum absolute atomic E-state index is 0.220. The van der Waals surface area contributed by atoms with Crippen LogP contribution in [0.25, 0.3) is 0 Å². The van der Waals surface area contributed by atoms with Crippen LogP contribution in [0.3, 0.4) is 0 Å². The number of esters is 2. The molecule has 0 amide bonds. The lowest BCUT2D eigenvalue weighted by atomic mass is 9.72. The van der Waals surface area contributed by atoms with Gasteiger partial charge >= 0.3 is 11.9 Å². The zero-order valence-electron chi connectivity index (χ0n) is 22.2. The summed E-state index contributed by atoms with van der Waals surface area (Å²) in [6, 6.07) is 0. The monoisotopic (exact) mass is 471 g/mol. The first-order chi connectivity index (χ1) is 15.7. The van der Waals surface area contributed by atoms with E-state index in [-0.39, 0.29) is 29.7 Å². The van der Waals surface area contributed by atoms with Crippen molar-refractivity contribution in [3.05, 3.63) is 0 Å². The Morgan fingerprint density at radius 2 is 1.36 bits per heavy atom. The van der Waals surface area contributed by atoms with Crippen LogP contribution in [-0.4, -0.2) is 59.6 Å². The maximum Gasteiger partial charge on any atom is 0.320 e. The molecule has 1 saturated heterocycles. The minimum Gasteiger partial charge on any atom is -0.468 e. The molecule has 0 aromatic heterocycles. The maximum atomic E-state index is 12.4. The molecule has 1 unspecified atom stereocenters. The molecule has 1 heterocycles. The molecule has 0 saturated carbocycles. The Morgan fingerprint density at radius 1 is 0.879 bits per heavy atom. The highest BCUT2D eigenvalue weighted by Crippen LogP contribution is 2.47. The van der Waals surface area contributed by atoms with Crippen LogP contribution >= 0.6 is 0 Å². The number of aliphatic hydroxyl groups excluding tert-OH is 1. The smallest absolute Gasteiger partial charge is 0.320 e. The van der Waals surface area contributed by atoms with Crippen molar-refractivity contribution in [3.63, 3.8) is 0 Å². The van der Waals surface area contributed by atoms with E-state index in [0.29, 0.717) is 12.8 Å². The van der Waals surface area contributed by atoms with Gasteiger partial charge in [-0.15, -0.1) is 0 Å². The van der Waals surface area contributed by atoms with Crippen LogP contribution in [0.2, 0.25) is 0 Å². The molecule has 1 atom stereocenters. The second kappa shape index (κ2) is 14.3. The van der Waals surface area contributed by atoms with Gasteiger partial charge in [0.1, 0.15) is 0 Å². The topological polar surface area (TPSA) is 85.3 Å². The van der Waals surface area contributed by atoms with E-state index >= 15 is 0 Å². The number of carbonyl (C=O) groups excluding carboxylic acids is 2. The lowest BCUT2D eigenvalue weighted by molar-refractivity contribution is -0.334. The Hall–Kier alpha value is -1.18. The van der Waals surface area contributed by atoms with E-state index in [0.717, 1.165) is 57.8 Å². The van der Waals surface area contributed by atoms with Gasteiger partial charge in [-0.05, 0) is 51.4 Å². The van der Waals surface area contributed by atoms with Gasteiger partial charge in [-0.2, -0.15) is 5.06 Å². The average Bonchev–Trinajstić information content (AvgIpc) is 2.84. The molecule has 0 radical (unpaired) electrons. The zero-order valence-corrected chi connectivity index (χ0v) is 22.2. The van der Waals surface area contributed by atoms with Crippen LogP contribution in [0, 0.1) is 5.92 Å². The summed E-state index contributed by atoms with van der Waals surface area (Å²) in [5, 5.41) is 13.0. The molecule has 1 rings (SSSR count). The zero-order chi connectivity index (χ0) is 25.1. The lowest BCUT2D eigenvalue weighted by Crippen LogP contribution is -2.66. The summed E-state index contributed by atoms with van der Waals surface area (Å²) in [4.78, 5) is 31.7. The third-order valence-electron chi connectivity index (χ3n) is 7.83. The molecule has 0 aliphatic carbocycles. The number of methoxy groups -OCH3 is 2. The van der Waals surface area contributed by atoms with Crippen LogP contribution in [0.4, 0.5) is 0 Å². The van der Waals surface area contributed by atoms with Crippen LogP contribution in [-0.2, 0) is 23.9 Å². The van der Waals surface area contributed by atoms with E-state index in [9.17, 15) is 14.7 Å². The number of aliphatic hydroxyl groups is 1. The van der Waals surface area contributed by atoms with Crippen molar-refractivity contribution in [2.75, 3.05) is 14.2 Å². The fourth-order valence-corrected chi connectivity index (χ4v) is 5.49. The largest absolute Gasteiger partial charge is 0.468 e. The van der Waals surface area contributed by atoms with Crippen molar-refractivity contribution in [3.8, 4) is 0 Å². The molecule has 1 fully saturated rings. The maximum absolute atomic E-state index is 12.4. The van der Waals surface area contributed by atoms with Crippen molar-refractivity contribution >= 4 is 11.9 Å². The second-order valence-corrected chi connectivity index (χ2v) is 9.63. The normalized spacial score (nSPS) is 19.4. The molecule has 7 heteroatoms. The van der Waals surface area contributed by atoms with Crippen LogP contribution in [0.1, 0.15) is 112 Å². The number of nitrogens with zero attached hydrogens (tertiary/aromatic N) is 1. The number of piperidine rings is 1. The van der Waals surface area contributed by atoms with Gasteiger partial charge < -0.3 is 14.6 Å². The molecule has 0 aromatic rings. The van der Waals surface area contributed by atoms with E-state index in [4.69, 9.17) is 14.3 Å². The van der Waals surface area contributed by atoms with Crippen molar-refractivity contribution < 1.29 is 29.0 Å².